The molecule has 1 saturated carbocycles. The van der Waals surface area contributed by atoms with Gasteiger partial charge in [0.2, 0.25) is 0 Å². The molecule has 1 aliphatic rings. The maximum absolute atomic E-state index is 12.3. The first kappa shape index (κ1) is 21.9. The van der Waals surface area contributed by atoms with Crippen LogP contribution in [0.15, 0.2) is 91.6 Å². The van der Waals surface area contributed by atoms with E-state index in [9.17, 15) is 4.79 Å². The lowest BCUT2D eigenvalue weighted by Crippen LogP contribution is -2.16. The van der Waals surface area contributed by atoms with Gasteiger partial charge < -0.3 is 4.74 Å². The predicted molar refractivity (Wildman–Crippen MR) is 133 cm³/mol. The molecule has 3 aromatic carbocycles. The van der Waals surface area contributed by atoms with Crippen molar-refractivity contribution in [1.82, 2.24) is 15.0 Å². The van der Waals surface area contributed by atoms with E-state index in [1.807, 2.05) is 36.4 Å². The van der Waals surface area contributed by atoms with Crippen LogP contribution in [0, 0.1) is 0 Å². The molecule has 34 heavy (non-hydrogen) atoms. The Labute approximate surface area is 202 Å². The number of amides is 1. The minimum atomic E-state index is -0.617. The Hall–Kier alpha value is -3.90. The van der Waals surface area contributed by atoms with Gasteiger partial charge in [-0.15, -0.1) is 11.7 Å². The number of hydrogen-bond acceptors (Lipinski definition) is 4. The number of hydrogen-bond donors (Lipinski definition) is 1. The summed E-state index contributed by atoms with van der Waals surface area (Å²) in [5.74, 6) is 0.403. The van der Waals surface area contributed by atoms with E-state index in [1.165, 1.54) is 24.6 Å². The minimum Gasteiger partial charge on any atom is -0.444 e. The van der Waals surface area contributed by atoms with E-state index in [2.05, 4.69) is 52.5 Å². The van der Waals surface area contributed by atoms with Crippen molar-refractivity contribution in [1.29, 1.82) is 0 Å². The third-order valence-electron chi connectivity index (χ3n) is 6.18. The Bertz CT molecular complexity index is 1330. The number of carbonyl (C=O) groups is 1. The predicted octanol–water partition coefficient (Wildman–Crippen LogP) is 6.55. The van der Waals surface area contributed by atoms with Crippen molar-refractivity contribution in [2.24, 2.45) is 0 Å². The molecule has 0 radical (unpaired) electrons. The molecule has 1 aliphatic carbocycles. The van der Waals surface area contributed by atoms with Crippen molar-refractivity contribution in [3.63, 3.8) is 0 Å². The first-order valence-corrected chi connectivity index (χ1v) is 11.4. The van der Waals surface area contributed by atoms with E-state index in [0.717, 1.165) is 22.4 Å². The summed E-state index contributed by atoms with van der Waals surface area (Å²) < 4.78 is 6.83. The second kappa shape index (κ2) is 9.15. The van der Waals surface area contributed by atoms with E-state index < -0.39 is 6.09 Å². The van der Waals surface area contributed by atoms with Crippen LogP contribution in [0.2, 0.25) is 5.02 Å². The van der Waals surface area contributed by atoms with Crippen molar-refractivity contribution in [3.8, 4) is 16.8 Å². The largest absolute Gasteiger partial charge is 0.444 e. The zero-order valence-electron chi connectivity index (χ0n) is 18.4. The standard InChI is InChI=1S/C27H23ClN4O2/c1-2-27(15-16-27)22-11-7-19(8-12-22)20-9-13-23(14-10-20)32-25(17-29-31-32)30-26(33)34-18-21-5-3-4-6-24(21)28/h2-14,17H,1,15-16,18H2,(H,30,33). The minimum absolute atomic E-state index is 0.0640. The van der Waals surface area contributed by atoms with Crippen LogP contribution in [0.3, 0.4) is 0 Å². The van der Waals surface area contributed by atoms with Gasteiger partial charge in [0.05, 0.1) is 11.9 Å². The van der Waals surface area contributed by atoms with Gasteiger partial charge in [0.25, 0.3) is 0 Å². The molecule has 6 nitrogen and oxygen atoms in total. The van der Waals surface area contributed by atoms with Crippen LogP contribution in [0.5, 0.6) is 0 Å². The van der Waals surface area contributed by atoms with Crippen LogP contribution in [0.25, 0.3) is 16.8 Å². The van der Waals surface area contributed by atoms with E-state index >= 15 is 0 Å². The Morgan fingerprint density at radius 3 is 2.38 bits per heavy atom. The smallest absolute Gasteiger partial charge is 0.413 e. The second-order valence-corrected chi connectivity index (χ2v) is 8.72. The molecule has 1 amide bonds. The van der Waals surface area contributed by atoms with Gasteiger partial charge in [-0.1, -0.05) is 77.5 Å². The van der Waals surface area contributed by atoms with Crippen LogP contribution in [0.4, 0.5) is 10.6 Å². The average molecular weight is 471 g/mol. The van der Waals surface area contributed by atoms with Crippen molar-refractivity contribution < 1.29 is 9.53 Å². The molecule has 0 spiro atoms. The van der Waals surface area contributed by atoms with Crippen LogP contribution in [-0.4, -0.2) is 21.1 Å². The number of ether oxygens (including phenoxy) is 1. The highest BCUT2D eigenvalue weighted by Gasteiger charge is 2.40. The number of aromatic nitrogens is 3. The summed E-state index contributed by atoms with van der Waals surface area (Å²) in [5.41, 5.74) is 5.22. The number of allylic oxidation sites excluding steroid dienone is 1. The van der Waals surface area contributed by atoms with Crippen molar-refractivity contribution in [2.75, 3.05) is 5.32 Å². The number of anilines is 1. The van der Waals surface area contributed by atoms with Crippen molar-refractivity contribution >= 4 is 23.5 Å². The van der Waals surface area contributed by atoms with Crippen molar-refractivity contribution in [3.05, 3.63) is 108 Å². The van der Waals surface area contributed by atoms with Gasteiger partial charge in [-0.25, -0.2) is 4.79 Å². The third kappa shape index (κ3) is 4.45. The Morgan fingerprint density at radius 1 is 1.06 bits per heavy atom. The Morgan fingerprint density at radius 2 is 1.74 bits per heavy atom. The van der Waals surface area contributed by atoms with Gasteiger partial charge in [0.15, 0.2) is 5.82 Å². The summed E-state index contributed by atoms with van der Waals surface area (Å²) in [5, 5.41) is 11.2. The fourth-order valence-corrected chi connectivity index (χ4v) is 4.14. The third-order valence-corrected chi connectivity index (χ3v) is 6.55. The van der Waals surface area contributed by atoms with E-state index in [0.29, 0.717) is 10.8 Å². The number of benzene rings is 3. The SMILES string of the molecule is C=CC1(c2ccc(-c3ccc(-n4nncc4NC(=O)OCc4ccccc4Cl)cc3)cc2)CC1. The number of nitrogens with zero attached hydrogens (tertiary/aromatic N) is 3. The molecular weight excluding hydrogens is 448 g/mol. The summed E-state index contributed by atoms with van der Waals surface area (Å²) in [7, 11) is 0. The van der Waals surface area contributed by atoms with Gasteiger partial charge in [0, 0.05) is 16.0 Å². The average Bonchev–Trinajstić information content (AvgIpc) is 3.55. The molecule has 0 bridgehead atoms. The first-order chi connectivity index (χ1) is 16.6. The second-order valence-electron chi connectivity index (χ2n) is 8.31. The normalized spacial score (nSPS) is 13.8. The highest BCUT2D eigenvalue weighted by molar-refractivity contribution is 6.31. The van der Waals surface area contributed by atoms with Crippen LogP contribution in [0.1, 0.15) is 24.0 Å². The zero-order chi connectivity index (χ0) is 23.5. The molecule has 1 aromatic heterocycles. The molecule has 0 aliphatic heterocycles. The van der Waals surface area contributed by atoms with E-state index in [1.54, 1.807) is 16.8 Å². The molecule has 0 saturated heterocycles. The number of nitrogens with one attached hydrogen (secondary N) is 1. The maximum atomic E-state index is 12.3. The molecular formula is C27H23ClN4O2. The summed E-state index contributed by atoms with van der Waals surface area (Å²) in [4.78, 5) is 12.3. The summed E-state index contributed by atoms with van der Waals surface area (Å²) in [6, 6.07) is 23.8. The highest BCUT2D eigenvalue weighted by atomic mass is 35.5. The number of rotatable bonds is 7. The molecule has 4 aromatic rings. The first-order valence-electron chi connectivity index (χ1n) is 11.0. The van der Waals surface area contributed by atoms with Crippen LogP contribution >= 0.6 is 11.6 Å². The van der Waals surface area contributed by atoms with Gasteiger partial charge >= 0.3 is 6.09 Å². The maximum Gasteiger partial charge on any atom is 0.413 e. The monoisotopic (exact) mass is 470 g/mol. The fourth-order valence-electron chi connectivity index (χ4n) is 3.95. The molecule has 170 valence electrons. The Balaban J connectivity index is 1.26. The molecule has 0 unspecified atom stereocenters. The van der Waals surface area contributed by atoms with Gasteiger partial charge in [0.1, 0.15) is 6.61 Å². The van der Waals surface area contributed by atoms with Gasteiger partial charge in [-0.2, -0.15) is 4.68 Å². The number of halogens is 1. The van der Waals surface area contributed by atoms with Crippen LogP contribution in [-0.2, 0) is 16.8 Å². The lowest BCUT2D eigenvalue weighted by Gasteiger charge is -2.12. The lowest BCUT2D eigenvalue weighted by molar-refractivity contribution is 0.155. The van der Waals surface area contributed by atoms with Crippen molar-refractivity contribution in [2.45, 2.75) is 24.9 Å². The quantitative estimate of drug-likeness (QED) is 0.311. The summed E-state index contributed by atoms with van der Waals surface area (Å²) in [6.07, 6.45) is 5.26. The molecule has 1 heterocycles. The van der Waals surface area contributed by atoms with E-state index in [-0.39, 0.29) is 12.0 Å². The molecule has 1 fully saturated rings. The van der Waals surface area contributed by atoms with Gasteiger partial charge in [-0.3, -0.25) is 5.32 Å². The zero-order valence-corrected chi connectivity index (χ0v) is 19.2. The lowest BCUT2D eigenvalue weighted by atomic mass is 9.94. The van der Waals surface area contributed by atoms with Crippen LogP contribution < -0.4 is 5.32 Å². The van der Waals surface area contributed by atoms with E-state index in [4.69, 9.17) is 16.3 Å². The summed E-state index contributed by atoms with van der Waals surface area (Å²) >= 11 is 6.11. The molecule has 7 heteroatoms. The topological polar surface area (TPSA) is 69.0 Å². The molecule has 5 rings (SSSR count). The van der Waals surface area contributed by atoms with Gasteiger partial charge in [-0.05, 0) is 47.7 Å². The highest BCUT2D eigenvalue weighted by Crippen LogP contribution is 2.49. The number of carbonyl (C=O) groups excluding carboxylic acids is 1. The molecule has 1 N–H and O–H groups in total. The fraction of sp³-hybridized carbons (Fsp3) is 0.148. The summed E-state index contributed by atoms with van der Waals surface area (Å²) in [6.45, 7) is 4.05. The Kier molecular flexibility index (Phi) is 5.90. The molecule has 0 atom stereocenters.